The summed E-state index contributed by atoms with van der Waals surface area (Å²) in [5, 5.41) is 3.40. The van der Waals surface area contributed by atoms with Crippen molar-refractivity contribution in [3.8, 4) is 0 Å². The third-order valence-corrected chi connectivity index (χ3v) is 4.36. The molecule has 0 aliphatic carbocycles. The lowest BCUT2D eigenvalue weighted by atomic mass is 10.1. The Morgan fingerprint density at radius 1 is 0.880 bits per heavy atom. The molecule has 0 saturated carbocycles. The molecule has 0 radical (unpaired) electrons. The number of Topliss-reactive ketones (excluding diaryl/α,β-unsaturated/α-hetero) is 1. The second-order valence-corrected chi connectivity index (χ2v) is 6.66. The molecule has 0 atom stereocenters. The van der Waals surface area contributed by atoms with Gasteiger partial charge in [0.15, 0.2) is 5.78 Å². The van der Waals surface area contributed by atoms with E-state index in [2.05, 4.69) is 24.0 Å². The van der Waals surface area contributed by atoms with Gasteiger partial charge in [0.1, 0.15) is 0 Å². The van der Waals surface area contributed by atoms with Crippen LogP contribution in [0.5, 0.6) is 0 Å². The number of rotatable bonds is 15. The van der Waals surface area contributed by atoms with Crippen LogP contribution in [0.25, 0.3) is 0 Å². The monoisotopic (exact) mass is 341 g/mol. The number of unbranched alkanes of at least 4 members (excludes halogenated alkanes) is 8. The van der Waals surface area contributed by atoms with Crippen LogP contribution in [0, 0.1) is 0 Å². The fraction of sp³-hybridized carbons (Fsp3) is 0.522. The zero-order valence-corrected chi connectivity index (χ0v) is 15.9. The van der Waals surface area contributed by atoms with E-state index < -0.39 is 0 Å². The van der Waals surface area contributed by atoms with E-state index >= 15 is 0 Å². The van der Waals surface area contributed by atoms with E-state index in [0.717, 1.165) is 30.6 Å². The van der Waals surface area contributed by atoms with Gasteiger partial charge in [-0.25, -0.2) is 0 Å². The third-order valence-electron chi connectivity index (χ3n) is 4.36. The van der Waals surface area contributed by atoms with Crippen LogP contribution in [0.2, 0.25) is 0 Å². The number of benzene rings is 1. The van der Waals surface area contributed by atoms with Gasteiger partial charge in [-0.1, -0.05) is 43.9 Å². The summed E-state index contributed by atoms with van der Waals surface area (Å²) >= 11 is 0. The minimum atomic E-state index is 0.115. The average Bonchev–Trinajstić information content (AvgIpc) is 2.62. The molecule has 1 aromatic rings. The Morgan fingerprint density at radius 2 is 1.44 bits per heavy atom. The Morgan fingerprint density at radius 3 is 2.04 bits per heavy atom. The summed E-state index contributed by atoms with van der Waals surface area (Å²) in [6, 6.07) is 7.71. The molecular weight excluding hydrogens is 306 g/mol. The summed E-state index contributed by atoms with van der Waals surface area (Å²) in [6.07, 6.45) is 19.4. The molecule has 25 heavy (non-hydrogen) atoms. The summed E-state index contributed by atoms with van der Waals surface area (Å²) in [6.45, 7) is 6.32. The van der Waals surface area contributed by atoms with Crippen LogP contribution in [0.15, 0.2) is 49.1 Å². The van der Waals surface area contributed by atoms with Crippen molar-refractivity contribution in [3.05, 3.63) is 54.6 Å². The molecule has 138 valence electrons. The van der Waals surface area contributed by atoms with E-state index in [4.69, 9.17) is 0 Å². The first-order valence-corrected chi connectivity index (χ1v) is 9.85. The molecule has 2 heteroatoms. The maximum atomic E-state index is 11.2. The first-order chi connectivity index (χ1) is 12.2. The Kier molecular flexibility index (Phi) is 12.3. The van der Waals surface area contributed by atoms with Crippen molar-refractivity contribution in [2.45, 2.75) is 71.1 Å². The highest BCUT2D eigenvalue weighted by Gasteiger charge is 1.98. The Labute approximate surface area is 154 Å². The van der Waals surface area contributed by atoms with Gasteiger partial charge in [-0.2, -0.15) is 0 Å². The zero-order chi connectivity index (χ0) is 18.2. The van der Waals surface area contributed by atoms with Crippen LogP contribution < -0.4 is 5.32 Å². The molecule has 0 saturated heterocycles. The topological polar surface area (TPSA) is 29.1 Å². The Hall–Kier alpha value is -1.83. The second kappa shape index (κ2) is 14.5. The molecule has 2 nitrogen and oxygen atoms in total. The Bertz CT molecular complexity index is 501. The molecule has 1 rings (SSSR count). The smallest absolute Gasteiger partial charge is 0.159 e. The van der Waals surface area contributed by atoms with Gasteiger partial charge in [-0.3, -0.25) is 4.79 Å². The highest BCUT2D eigenvalue weighted by Crippen LogP contribution is 2.11. The summed E-state index contributed by atoms with van der Waals surface area (Å²) in [4.78, 5) is 11.2. The van der Waals surface area contributed by atoms with Gasteiger partial charge in [-0.15, -0.1) is 6.58 Å². The van der Waals surface area contributed by atoms with Crippen molar-refractivity contribution in [1.29, 1.82) is 0 Å². The second-order valence-electron chi connectivity index (χ2n) is 6.66. The van der Waals surface area contributed by atoms with Gasteiger partial charge in [0.25, 0.3) is 0 Å². The van der Waals surface area contributed by atoms with Crippen molar-refractivity contribution < 1.29 is 4.79 Å². The van der Waals surface area contributed by atoms with Crippen LogP contribution in [0.3, 0.4) is 0 Å². The van der Waals surface area contributed by atoms with Crippen molar-refractivity contribution in [3.63, 3.8) is 0 Å². The predicted octanol–water partition coefficient (Wildman–Crippen LogP) is 6.94. The molecule has 0 unspecified atom stereocenters. The van der Waals surface area contributed by atoms with Crippen molar-refractivity contribution >= 4 is 11.5 Å². The number of hydrogen-bond acceptors (Lipinski definition) is 2. The van der Waals surface area contributed by atoms with E-state index in [1.165, 1.54) is 51.4 Å². The molecule has 0 spiro atoms. The first kappa shape index (κ1) is 21.2. The molecule has 0 aliphatic rings. The van der Waals surface area contributed by atoms with Crippen LogP contribution in [0.1, 0.15) is 81.5 Å². The highest BCUT2D eigenvalue weighted by molar-refractivity contribution is 5.94. The van der Waals surface area contributed by atoms with E-state index in [9.17, 15) is 4.79 Å². The number of carbonyl (C=O) groups is 1. The fourth-order valence-electron chi connectivity index (χ4n) is 2.77. The summed E-state index contributed by atoms with van der Waals surface area (Å²) < 4.78 is 0. The van der Waals surface area contributed by atoms with Gasteiger partial charge in [0.05, 0.1) is 0 Å². The molecule has 0 heterocycles. The number of hydrogen-bond donors (Lipinski definition) is 1. The van der Waals surface area contributed by atoms with E-state index in [1.54, 1.807) is 6.92 Å². The molecule has 0 bridgehead atoms. The largest absolute Gasteiger partial charge is 0.385 e. The number of nitrogens with one attached hydrogen (secondary N) is 1. The molecule has 1 aromatic carbocycles. The fourth-order valence-corrected chi connectivity index (χ4v) is 2.77. The molecule has 0 aliphatic heterocycles. The predicted molar refractivity (Wildman–Crippen MR) is 110 cm³/mol. The minimum Gasteiger partial charge on any atom is -0.385 e. The van der Waals surface area contributed by atoms with Crippen LogP contribution in [-0.4, -0.2) is 12.3 Å². The maximum Gasteiger partial charge on any atom is 0.159 e. The van der Waals surface area contributed by atoms with Crippen LogP contribution in [-0.2, 0) is 0 Å². The van der Waals surface area contributed by atoms with Crippen LogP contribution in [0.4, 0.5) is 5.69 Å². The quantitative estimate of drug-likeness (QED) is 0.212. The SMILES string of the molecule is C=CCCCCCCCCC=CCCCNc1ccc(C(C)=O)cc1. The standard InChI is InChI=1S/C23H35NO/c1-3-4-5-6-7-8-9-10-11-12-13-14-15-20-24-23-18-16-22(17-19-23)21(2)25/h3,12-13,16-19,24H,1,4-11,14-15,20H2,2H3. The summed E-state index contributed by atoms with van der Waals surface area (Å²) in [5.74, 6) is 0.115. The van der Waals surface area contributed by atoms with E-state index in [1.807, 2.05) is 30.3 Å². The van der Waals surface area contributed by atoms with Crippen molar-refractivity contribution in [2.75, 3.05) is 11.9 Å². The lowest BCUT2D eigenvalue weighted by Crippen LogP contribution is -2.01. The van der Waals surface area contributed by atoms with E-state index in [0.29, 0.717) is 0 Å². The number of anilines is 1. The molecule has 0 amide bonds. The molecular formula is C23H35NO. The third kappa shape index (κ3) is 11.4. The molecule has 0 aromatic heterocycles. The number of carbonyl (C=O) groups excluding carboxylic acids is 1. The summed E-state index contributed by atoms with van der Waals surface area (Å²) in [5.41, 5.74) is 1.85. The van der Waals surface area contributed by atoms with E-state index in [-0.39, 0.29) is 5.78 Å². The van der Waals surface area contributed by atoms with Crippen molar-refractivity contribution in [1.82, 2.24) is 0 Å². The maximum absolute atomic E-state index is 11.2. The number of ketones is 1. The van der Waals surface area contributed by atoms with Gasteiger partial charge < -0.3 is 5.32 Å². The first-order valence-electron chi connectivity index (χ1n) is 9.85. The number of allylic oxidation sites excluding steroid dienone is 3. The van der Waals surface area contributed by atoms with Crippen LogP contribution >= 0.6 is 0 Å². The summed E-state index contributed by atoms with van der Waals surface area (Å²) in [7, 11) is 0. The van der Waals surface area contributed by atoms with Gasteiger partial charge >= 0.3 is 0 Å². The zero-order valence-electron chi connectivity index (χ0n) is 15.9. The Balaban J connectivity index is 1.93. The molecule has 0 fully saturated rings. The van der Waals surface area contributed by atoms with Gasteiger partial charge in [0.2, 0.25) is 0 Å². The molecule has 1 N–H and O–H groups in total. The van der Waals surface area contributed by atoms with Gasteiger partial charge in [-0.05, 0) is 69.7 Å². The average molecular weight is 342 g/mol. The normalized spacial score (nSPS) is 10.9. The van der Waals surface area contributed by atoms with Gasteiger partial charge in [0, 0.05) is 17.8 Å². The van der Waals surface area contributed by atoms with Crippen molar-refractivity contribution in [2.24, 2.45) is 0 Å². The lowest BCUT2D eigenvalue weighted by Gasteiger charge is -2.05. The highest BCUT2D eigenvalue weighted by atomic mass is 16.1. The lowest BCUT2D eigenvalue weighted by molar-refractivity contribution is 0.101. The minimum absolute atomic E-state index is 0.115.